The van der Waals surface area contributed by atoms with Crippen LogP contribution in [0.15, 0.2) is 41.4 Å². The Hall–Kier alpha value is -2.37. The third kappa shape index (κ3) is 8.26. The maximum Gasteiger partial charge on any atom is 0.387 e. The van der Waals surface area contributed by atoms with Crippen LogP contribution in [0.3, 0.4) is 0 Å². The molecule has 1 aromatic heterocycles. The van der Waals surface area contributed by atoms with Crippen LogP contribution < -0.4 is 24.8 Å². The second kappa shape index (κ2) is 13.0. The van der Waals surface area contributed by atoms with Crippen LogP contribution in [-0.2, 0) is 13.1 Å². The molecule has 7 nitrogen and oxygen atoms in total. The summed E-state index contributed by atoms with van der Waals surface area (Å²) in [7, 11) is 3.06. The normalized spacial score (nSPS) is 10.9. The van der Waals surface area contributed by atoms with E-state index in [1.54, 1.807) is 25.3 Å². The summed E-state index contributed by atoms with van der Waals surface area (Å²) in [6.07, 6.45) is 0. The van der Waals surface area contributed by atoms with Gasteiger partial charge in [-0.25, -0.2) is 9.98 Å². The summed E-state index contributed by atoms with van der Waals surface area (Å²) >= 11 is 0. The molecule has 0 aliphatic carbocycles. The van der Waals surface area contributed by atoms with Crippen molar-refractivity contribution in [3.63, 3.8) is 0 Å². The molecular formula is C19H25F2IN4O3. The highest BCUT2D eigenvalue weighted by Crippen LogP contribution is 2.26. The second-order valence-electron chi connectivity index (χ2n) is 5.57. The number of pyridine rings is 1. The van der Waals surface area contributed by atoms with Crippen LogP contribution in [-0.4, -0.2) is 38.3 Å². The van der Waals surface area contributed by atoms with E-state index in [2.05, 4.69) is 25.3 Å². The van der Waals surface area contributed by atoms with Gasteiger partial charge in [-0.2, -0.15) is 8.78 Å². The summed E-state index contributed by atoms with van der Waals surface area (Å²) in [6.45, 7) is 0.191. The van der Waals surface area contributed by atoms with Gasteiger partial charge in [0.1, 0.15) is 11.5 Å². The topological polar surface area (TPSA) is 77.0 Å². The molecule has 2 N–H and O–H groups in total. The average Bonchev–Trinajstić information content (AvgIpc) is 2.70. The number of hydrogen-bond donors (Lipinski definition) is 2. The number of guanidine groups is 1. The molecule has 160 valence electrons. The lowest BCUT2D eigenvalue weighted by molar-refractivity contribution is -0.0504. The first-order valence-electron chi connectivity index (χ1n) is 8.69. The van der Waals surface area contributed by atoms with Crippen molar-refractivity contribution < 1.29 is 23.0 Å². The molecule has 29 heavy (non-hydrogen) atoms. The number of nitrogens with zero attached hydrogens (tertiary/aromatic N) is 2. The van der Waals surface area contributed by atoms with E-state index >= 15 is 0 Å². The van der Waals surface area contributed by atoms with Gasteiger partial charge < -0.3 is 24.8 Å². The number of alkyl halides is 2. The number of aliphatic imine (C=N–C) groups is 1. The van der Waals surface area contributed by atoms with Crippen LogP contribution in [0.2, 0.25) is 0 Å². The van der Waals surface area contributed by atoms with E-state index in [1.165, 1.54) is 13.2 Å². The third-order valence-electron chi connectivity index (χ3n) is 3.66. The van der Waals surface area contributed by atoms with Gasteiger partial charge in [0.05, 0.1) is 33.0 Å². The zero-order valence-corrected chi connectivity index (χ0v) is 18.8. The molecule has 0 aliphatic rings. The van der Waals surface area contributed by atoms with E-state index in [0.29, 0.717) is 36.2 Å². The smallest absolute Gasteiger partial charge is 0.387 e. The van der Waals surface area contributed by atoms with Crippen LogP contribution in [0.1, 0.15) is 18.2 Å². The molecule has 2 rings (SSSR count). The number of ether oxygens (including phenoxy) is 3. The molecule has 2 aromatic rings. The summed E-state index contributed by atoms with van der Waals surface area (Å²) < 4.78 is 40.1. The molecule has 0 unspecified atom stereocenters. The molecule has 1 heterocycles. The molecule has 0 amide bonds. The van der Waals surface area contributed by atoms with E-state index in [-0.39, 0.29) is 36.3 Å². The van der Waals surface area contributed by atoms with Crippen molar-refractivity contribution in [2.75, 3.05) is 20.8 Å². The third-order valence-corrected chi connectivity index (χ3v) is 3.66. The van der Waals surface area contributed by atoms with Gasteiger partial charge in [-0.3, -0.25) is 0 Å². The highest BCUT2D eigenvalue weighted by Gasteiger charge is 2.11. The van der Waals surface area contributed by atoms with E-state index in [1.807, 2.05) is 19.1 Å². The average molecular weight is 522 g/mol. The van der Waals surface area contributed by atoms with Gasteiger partial charge in [-0.15, -0.1) is 24.0 Å². The first-order chi connectivity index (χ1) is 13.5. The molecule has 0 radical (unpaired) electrons. The molecule has 0 atom stereocenters. The molecule has 0 spiro atoms. The molecule has 0 saturated carbocycles. The Labute approximate surface area is 185 Å². The second-order valence-corrected chi connectivity index (χ2v) is 5.57. The number of methoxy groups -OCH3 is 2. The van der Waals surface area contributed by atoms with Crippen LogP contribution in [0, 0.1) is 0 Å². The van der Waals surface area contributed by atoms with Gasteiger partial charge in [0, 0.05) is 18.2 Å². The number of halogens is 3. The van der Waals surface area contributed by atoms with E-state index in [9.17, 15) is 8.78 Å². The van der Waals surface area contributed by atoms with Crippen LogP contribution in [0.4, 0.5) is 8.78 Å². The predicted molar refractivity (Wildman–Crippen MR) is 117 cm³/mol. The summed E-state index contributed by atoms with van der Waals surface area (Å²) in [6, 6.07) is 10.1. The van der Waals surface area contributed by atoms with E-state index in [0.717, 1.165) is 5.69 Å². The Morgan fingerprint density at radius 3 is 2.59 bits per heavy atom. The fourth-order valence-electron chi connectivity index (χ4n) is 2.37. The Morgan fingerprint density at radius 1 is 1.14 bits per heavy atom. The highest BCUT2D eigenvalue weighted by atomic mass is 127. The monoisotopic (exact) mass is 522 g/mol. The zero-order valence-electron chi connectivity index (χ0n) is 16.4. The Kier molecular flexibility index (Phi) is 11.0. The minimum atomic E-state index is -2.92. The van der Waals surface area contributed by atoms with Gasteiger partial charge in [0.25, 0.3) is 0 Å². The SMILES string of the molecule is CCNC(=NCc1cc(OC)ccc1OC(F)F)NCc1cccc(OC)n1.I. The van der Waals surface area contributed by atoms with Crippen molar-refractivity contribution in [3.05, 3.63) is 47.7 Å². The minimum Gasteiger partial charge on any atom is -0.497 e. The summed E-state index contributed by atoms with van der Waals surface area (Å²) in [5.74, 6) is 1.62. The Morgan fingerprint density at radius 2 is 1.93 bits per heavy atom. The number of aromatic nitrogens is 1. The summed E-state index contributed by atoms with van der Waals surface area (Å²) in [5.41, 5.74) is 1.25. The van der Waals surface area contributed by atoms with Crippen LogP contribution in [0.25, 0.3) is 0 Å². The lowest BCUT2D eigenvalue weighted by atomic mass is 10.2. The van der Waals surface area contributed by atoms with Crippen molar-refractivity contribution in [1.29, 1.82) is 0 Å². The summed E-state index contributed by atoms with van der Waals surface area (Å²) in [4.78, 5) is 8.76. The Balaban J connectivity index is 0.00000420. The molecule has 0 aliphatic heterocycles. The molecular weight excluding hydrogens is 497 g/mol. The maximum absolute atomic E-state index is 12.6. The first kappa shape index (κ1) is 24.7. The fourth-order valence-corrected chi connectivity index (χ4v) is 2.37. The van der Waals surface area contributed by atoms with Gasteiger partial charge >= 0.3 is 6.61 Å². The van der Waals surface area contributed by atoms with Crippen LogP contribution in [0.5, 0.6) is 17.4 Å². The molecule has 10 heteroatoms. The van der Waals surface area contributed by atoms with Crippen molar-refractivity contribution in [1.82, 2.24) is 15.6 Å². The fraction of sp³-hybridized carbons (Fsp3) is 0.368. The number of benzene rings is 1. The predicted octanol–water partition coefficient (Wildman–Crippen LogP) is 3.57. The summed E-state index contributed by atoms with van der Waals surface area (Å²) in [5, 5.41) is 6.25. The van der Waals surface area contributed by atoms with Crippen molar-refractivity contribution in [3.8, 4) is 17.4 Å². The van der Waals surface area contributed by atoms with Crippen LogP contribution >= 0.6 is 24.0 Å². The van der Waals surface area contributed by atoms with Crippen molar-refractivity contribution in [2.24, 2.45) is 4.99 Å². The molecule has 1 aromatic carbocycles. The Bertz CT molecular complexity index is 794. The van der Waals surface area contributed by atoms with Gasteiger partial charge in [0.15, 0.2) is 5.96 Å². The molecule has 0 bridgehead atoms. The number of nitrogens with one attached hydrogen (secondary N) is 2. The first-order valence-corrected chi connectivity index (χ1v) is 8.69. The van der Waals surface area contributed by atoms with E-state index in [4.69, 9.17) is 9.47 Å². The molecule has 0 saturated heterocycles. The minimum absolute atomic E-state index is 0. The number of hydrogen-bond acceptors (Lipinski definition) is 5. The molecule has 0 fully saturated rings. The lowest BCUT2D eigenvalue weighted by Gasteiger charge is -2.13. The van der Waals surface area contributed by atoms with Crippen molar-refractivity contribution in [2.45, 2.75) is 26.6 Å². The van der Waals surface area contributed by atoms with Gasteiger partial charge in [-0.05, 0) is 31.2 Å². The standard InChI is InChI=1S/C19H24F2N4O3.HI/c1-4-22-19(24-12-14-6-5-7-17(25-14)27-3)23-11-13-10-15(26-2)8-9-16(13)28-18(20)21;/h5-10,18H,4,11-12H2,1-3H3,(H2,22,23,24);1H. The zero-order chi connectivity index (χ0) is 20.4. The van der Waals surface area contributed by atoms with E-state index < -0.39 is 6.61 Å². The van der Waals surface area contributed by atoms with Gasteiger partial charge in [0.2, 0.25) is 5.88 Å². The quantitative estimate of drug-likeness (QED) is 0.298. The maximum atomic E-state index is 12.6. The number of rotatable bonds is 9. The van der Waals surface area contributed by atoms with Gasteiger partial charge in [-0.1, -0.05) is 6.07 Å². The largest absolute Gasteiger partial charge is 0.497 e. The highest BCUT2D eigenvalue weighted by molar-refractivity contribution is 14.0. The van der Waals surface area contributed by atoms with Crippen molar-refractivity contribution >= 4 is 29.9 Å². The lowest BCUT2D eigenvalue weighted by Crippen LogP contribution is -2.37.